The van der Waals surface area contributed by atoms with Gasteiger partial charge in [0.15, 0.2) is 5.82 Å². The summed E-state index contributed by atoms with van der Waals surface area (Å²) in [5, 5.41) is 24.4. The average Bonchev–Trinajstić information content (AvgIpc) is 2.72. The average molecular weight is 354 g/mol. The summed E-state index contributed by atoms with van der Waals surface area (Å²) in [6.07, 6.45) is 2.40. The molecule has 2 N–H and O–H groups in total. The van der Waals surface area contributed by atoms with E-state index in [0.29, 0.717) is 5.82 Å². The first-order chi connectivity index (χ1) is 13.3. The van der Waals surface area contributed by atoms with E-state index in [9.17, 15) is 5.11 Å². The molecule has 3 aromatic carbocycles. The molecular weight excluding hydrogens is 336 g/mol. The van der Waals surface area contributed by atoms with E-state index in [1.807, 2.05) is 36.4 Å². The topological polar surface area (TPSA) is 70.4 Å². The predicted octanol–water partition coefficient (Wildman–Crippen LogP) is 4.37. The molecule has 0 fully saturated rings. The van der Waals surface area contributed by atoms with Crippen molar-refractivity contribution in [2.24, 2.45) is 5.10 Å². The monoisotopic (exact) mass is 354 g/mol. The lowest BCUT2D eigenvalue weighted by molar-refractivity contribution is 0.475. The molecule has 0 saturated carbocycles. The van der Waals surface area contributed by atoms with E-state index in [0.717, 1.165) is 28.5 Å². The predicted molar refractivity (Wildman–Crippen MR) is 108 cm³/mol. The summed E-state index contributed by atoms with van der Waals surface area (Å²) in [5.41, 5.74) is 5.98. The molecule has 0 amide bonds. The number of anilines is 1. The maximum absolute atomic E-state index is 9.33. The molecule has 5 nitrogen and oxygen atoms in total. The van der Waals surface area contributed by atoms with Gasteiger partial charge in [0, 0.05) is 17.2 Å². The van der Waals surface area contributed by atoms with Gasteiger partial charge in [0.05, 0.1) is 11.9 Å². The van der Waals surface area contributed by atoms with Crippen LogP contribution >= 0.6 is 0 Å². The molecule has 0 radical (unpaired) electrons. The van der Waals surface area contributed by atoms with Gasteiger partial charge in [-0.1, -0.05) is 54.6 Å². The van der Waals surface area contributed by atoms with E-state index in [2.05, 4.69) is 38.9 Å². The minimum atomic E-state index is 0.228. The standard InChI is InChI=1S/C22H18N4O/c27-18-12-10-17(11-13-18)15-23-25-22-20-9-5-4-8-19(20)21(24-26-22)14-16-6-2-1-3-7-16/h1-13,15,27H,14H2,(H,25,26)/b23-15-. The molecular formula is C22H18N4O. The Hall–Kier alpha value is -3.73. The second kappa shape index (κ2) is 7.66. The van der Waals surface area contributed by atoms with Gasteiger partial charge < -0.3 is 5.11 Å². The second-order valence-electron chi connectivity index (χ2n) is 6.16. The number of phenolic OH excluding ortho intramolecular Hbond substituents is 1. The van der Waals surface area contributed by atoms with Crippen LogP contribution in [0.5, 0.6) is 5.75 Å². The molecule has 1 aromatic heterocycles. The Kier molecular flexibility index (Phi) is 4.74. The van der Waals surface area contributed by atoms with E-state index < -0.39 is 0 Å². The molecule has 0 bridgehead atoms. The number of hydrogen-bond acceptors (Lipinski definition) is 5. The van der Waals surface area contributed by atoms with Gasteiger partial charge in [-0.25, -0.2) is 0 Å². The molecule has 5 heteroatoms. The van der Waals surface area contributed by atoms with Gasteiger partial charge >= 0.3 is 0 Å². The van der Waals surface area contributed by atoms with Gasteiger partial charge in [0.1, 0.15) is 5.75 Å². The van der Waals surface area contributed by atoms with E-state index in [1.54, 1.807) is 30.5 Å². The summed E-state index contributed by atoms with van der Waals surface area (Å²) < 4.78 is 0. The van der Waals surface area contributed by atoms with Crippen LogP contribution in [0.3, 0.4) is 0 Å². The number of aromatic hydroxyl groups is 1. The van der Waals surface area contributed by atoms with Gasteiger partial charge in [-0.15, -0.1) is 5.10 Å². The Morgan fingerprint density at radius 3 is 2.30 bits per heavy atom. The van der Waals surface area contributed by atoms with Crippen molar-refractivity contribution in [1.29, 1.82) is 0 Å². The van der Waals surface area contributed by atoms with Crippen LogP contribution in [0.25, 0.3) is 10.8 Å². The summed E-state index contributed by atoms with van der Waals surface area (Å²) in [6.45, 7) is 0. The van der Waals surface area contributed by atoms with Crippen LogP contribution in [0.15, 0.2) is 84.0 Å². The lowest BCUT2D eigenvalue weighted by atomic mass is 10.0. The maximum atomic E-state index is 9.33. The van der Waals surface area contributed by atoms with Crippen LogP contribution in [0.2, 0.25) is 0 Å². The zero-order chi connectivity index (χ0) is 18.5. The van der Waals surface area contributed by atoms with Crippen molar-refractivity contribution in [3.8, 4) is 5.75 Å². The van der Waals surface area contributed by atoms with Crippen LogP contribution in [0.4, 0.5) is 5.82 Å². The van der Waals surface area contributed by atoms with Crippen LogP contribution in [0, 0.1) is 0 Å². The fraction of sp³-hybridized carbons (Fsp3) is 0.0455. The van der Waals surface area contributed by atoms with E-state index >= 15 is 0 Å². The molecule has 0 atom stereocenters. The first kappa shape index (κ1) is 16.7. The lowest BCUT2D eigenvalue weighted by Gasteiger charge is -2.08. The van der Waals surface area contributed by atoms with Crippen LogP contribution in [-0.2, 0) is 6.42 Å². The number of hydrogen-bond donors (Lipinski definition) is 2. The van der Waals surface area contributed by atoms with Crippen LogP contribution < -0.4 is 5.43 Å². The number of phenols is 1. The van der Waals surface area contributed by atoms with Gasteiger partial charge in [-0.2, -0.15) is 10.2 Å². The number of aromatic nitrogens is 2. The van der Waals surface area contributed by atoms with Gasteiger partial charge in [-0.3, -0.25) is 5.43 Å². The number of nitrogens with zero attached hydrogens (tertiary/aromatic N) is 3. The Balaban J connectivity index is 1.60. The molecule has 0 unspecified atom stereocenters. The smallest absolute Gasteiger partial charge is 0.176 e. The van der Waals surface area contributed by atoms with Crippen molar-refractivity contribution in [3.05, 3.63) is 95.7 Å². The van der Waals surface area contributed by atoms with Crippen molar-refractivity contribution in [2.75, 3.05) is 5.43 Å². The Labute approximate surface area is 157 Å². The highest BCUT2D eigenvalue weighted by atomic mass is 16.3. The zero-order valence-electron chi connectivity index (χ0n) is 14.6. The van der Waals surface area contributed by atoms with Crippen molar-refractivity contribution in [2.45, 2.75) is 6.42 Å². The molecule has 4 rings (SSSR count). The van der Waals surface area contributed by atoms with Crippen molar-refractivity contribution < 1.29 is 5.11 Å². The van der Waals surface area contributed by atoms with Crippen LogP contribution in [0.1, 0.15) is 16.8 Å². The number of nitrogens with one attached hydrogen (secondary N) is 1. The van der Waals surface area contributed by atoms with E-state index in [-0.39, 0.29) is 5.75 Å². The first-order valence-corrected chi connectivity index (χ1v) is 8.66. The number of fused-ring (bicyclic) bond motifs is 1. The Morgan fingerprint density at radius 1 is 0.815 bits per heavy atom. The molecule has 1 heterocycles. The quantitative estimate of drug-likeness (QED) is 0.412. The fourth-order valence-electron chi connectivity index (χ4n) is 2.89. The Bertz CT molecular complexity index is 1080. The fourth-order valence-corrected chi connectivity index (χ4v) is 2.89. The highest BCUT2D eigenvalue weighted by molar-refractivity contribution is 5.93. The third-order valence-corrected chi connectivity index (χ3v) is 4.26. The lowest BCUT2D eigenvalue weighted by Crippen LogP contribution is -2.02. The minimum Gasteiger partial charge on any atom is -0.508 e. The number of hydrazone groups is 1. The summed E-state index contributed by atoms with van der Waals surface area (Å²) in [4.78, 5) is 0. The SMILES string of the molecule is Oc1ccc(/C=N\Nc2nnc(Cc3ccccc3)c3ccccc23)cc1. The maximum Gasteiger partial charge on any atom is 0.176 e. The molecule has 0 saturated heterocycles. The van der Waals surface area contributed by atoms with Gasteiger partial charge in [0.25, 0.3) is 0 Å². The summed E-state index contributed by atoms with van der Waals surface area (Å²) >= 11 is 0. The minimum absolute atomic E-state index is 0.228. The van der Waals surface area contributed by atoms with Gasteiger partial charge in [-0.05, 0) is 35.4 Å². The highest BCUT2D eigenvalue weighted by Gasteiger charge is 2.09. The molecule has 27 heavy (non-hydrogen) atoms. The van der Waals surface area contributed by atoms with Crippen molar-refractivity contribution >= 4 is 22.8 Å². The summed E-state index contributed by atoms with van der Waals surface area (Å²) in [7, 11) is 0. The third-order valence-electron chi connectivity index (χ3n) is 4.26. The normalized spacial score (nSPS) is 11.1. The third kappa shape index (κ3) is 3.93. The summed E-state index contributed by atoms with van der Waals surface area (Å²) in [6, 6.07) is 25.1. The van der Waals surface area contributed by atoms with Crippen molar-refractivity contribution in [1.82, 2.24) is 10.2 Å². The largest absolute Gasteiger partial charge is 0.508 e. The first-order valence-electron chi connectivity index (χ1n) is 8.66. The molecule has 4 aromatic rings. The molecule has 0 aliphatic heterocycles. The molecule has 132 valence electrons. The zero-order valence-corrected chi connectivity index (χ0v) is 14.6. The second-order valence-corrected chi connectivity index (χ2v) is 6.16. The van der Waals surface area contributed by atoms with Crippen molar-refractivity contribution in [3.63, 3.8) is 0 Å². The number of rotatable bonds is 5. The van der Waals surface area contributed by atoms with Gasteiger partial charge in [0.2, 0.25) is 0 Å². The molecule has 0 spiro atoms. The van der Waals surface area contributed by atoms with E-state index in [4.69, 9.17) is 0 Å². The van der Waals surface area contributed by atoms with Crippen LogP contribution in [-0.4, -0.2) is 21.5 Å². The number of benzene rings is 3. The molecule has 0 aliphatic rings. The highest BCUT2D eigenvalue weighted by Crippen LogP contribution is 2.24. The Morgan fingerprint density at radius 2 is 1.52 bits per heavy atom. The molecule has 0 aliphatic carbocycles. The summed E-state index contributed by atoms with van der Waals surface area (Å²) in [5.74, 6) is 0.836. The van der Waals surface area contributed by atoms with E-state index in [1.165, 1.54) is 5.56 Å².